The Labute approximate surface area is 190 Å². The highest BCUT2D eigenvalue weighted by Crippen LogP contribution is 2.24. The van der Waals surface area contributed by atoms with Gasteiger partial charge in [0.25, 0.3) is 5.91 Å². The third-order valence-corrected chi connectivity index (χ3v) is 6.44. The van der Waals surface area contributed by atoms with Gasteiger partial charge in [0.2, 0.25) is 5.91 Å². The molecule has 3 rings (SSSR count). The zero-order valence-corrected chi connectivity index (χ0v) is 19.5. The summed E-state index contributed by atoms with van der Waals surface area (Å²) in [6.07, 6.45) is 0.388. The second-order valence-corrected chi connectivity index (χ2v) is 9.70. The van der Waals surface area contributed by atoms with Crippen molar-refractivity contribution in [3.05, 3.63) is 65.2 Å². The van der Waals surface area contributed by atoms with Crippen LogP contribution in [0.1, 0.15) is 43.0 Å². The van der Waals surface area contributed by atoms with Gasteiger partial charge < -0.3 is 10.6 Å². The summed E-state index contributed by atoms with van der Waals surface area (Å²) in [5.41, 5.74) is 3.88. The number of anilines is 1. The summed E-state index contributed by atoms with van der Waals surface area (Å²) in [4.78, 5) is 28.1. The molecular formula is C25H33N3O2S. The summed E-state index contributed by atoms with van der Waals surface area (Å²) in [6.45, 7) is 9.12. The minimum atomic E-state index is -0.727. The first-order valence-corrected chi connectivity index (χ1v) is 12.1. The van der Waals surface area contributed by atoms with Gasteiger partial charge in [0.15, 0.2) is 0 Å². The normalized spacial score (nSPS) is 15.5. The van der Waals surface area contributed by atoms with Crippen LogP contribution in [0.15, 0.2) is 48.5 Å². The van der Waals surface area contributed by atoms with E-state index in [-0.39, 0.29) is 17.7 Å². The van der Waals surface area contributed by atoms with Crippen LogP contribution in [0.3, 0.4) is 0 Å². The molecule has 0 bridgehead atoms. The van der Waals surface area contributed by atoms with E-state index in [2.05, 4.69) is 28.5 Å². The topological polar surface area (TPSA) is 61.4 Å². The Morgan fingerprint density at radius 1 is 1.03 bits per heavy atom. The van der Waals surface area contributed by atoms with Crippen molar-refractivity contribution < 1.29 is 9.59 Å². The van der Waals surface area contributed by atoms with Crippen LogP contribution in [0.2, 0.25) is 0 Å². The molecule has 5 nitrogen and oxygen atoms in total. The molecule has 0 saturated carbocycles. The molecule has 0 spiro atoms. The summed E-state index contributed by atoms with van der Waals surface area (Å²) in [6, 6.07) is 14.7. The lowest BCUT2D eigenvalue weighted by atomic mass is 10.0. The van der Waals surface area contributed by atoms with Gasteiger partial charge in [0.05, 0.1) is 0 Å². The van der Waals surface area contributed by atoms with Gasteiger partial charge in [0.1, 0.15) is 6.04 Å². The van der Waals surface area contributed by atoms with E-state index in [1.165, 1.54) is 17.1 Å². The maximum Gasteiger partial charge on any atom is 0.251 e. The van der Waals surface area contributed by atoms with Gasteiger partial charge in [-0.05, 0) is 35.6 Å². The van der Waals surface area contributed by atoms with Crippen molar-refractivity contribution in [2.75, 3.05) is 29.9 Å². The molecule has 166 valence electrons. The standard InChI is InChI=1S/C25H33N3O2S/c1-18(2)16-23(29)27-24(20-8-5-4-6-9-20)25(30)26-22-11-7-10-21(19(22)3)17-28-12-14-31-15-13-28/h4-11,18,24H,12-17H2,1-3H3,(H,26,30)(H,27,29). The van der Waals surface area contributed by atoms with Crippen molar-refractivity contribution in [1.29, 1.82) is 0 Å². The lowest BCUT2D eigenvalue weighted by molar-refractivity contribution is -0.127. The molecule has 2 amide bonds. The van der Waals surface area contributed by atoms with Crippen LogP contribution in [-0.2, 0) is 16.1 Å². The van der Waals surface area contributed by atoms with Crippen LogP contribution < -0.4 is 10.6 Å². The molecule has 1 aliphatic rings. The van der Waals surface area contributed by atoms with E-state index in [0.717, 1.165) is 36.4 Å². The molecule has 0 aliphatic carbocycles. The summed E-state index contributed by atoms with van der Waals surface area (Å²) in [5, 5.41) is 5.99. The van der Waals surface area contributed by atoms with Crippen LogP contribution >= 0.6 is 11.8 Å². The monoisotopic (exact) mass is 439 g/mol. The summed E-state index contributed by atoms with van der Waals surface area (Å²) >= 11 is 2.00. The second kappa shape index (κ2) is 11.3. The number of amides is 2. The SMILES string of the molecule is Cc1c(CN2CCSCC2)cccc1NC(=O)C(NC(=O)CC(C)C)c1ccccc1. The molecule has 1 atom stereocenters. The predicted octanol–water partition coefficient (Wildman–Crippen LogP) is 4.39. The van der Waals surface area contributed by atoms with E-state index in [1.54, 1.807) is 0 Å². The Morgan fingerprint density at radius 2 is 1.74 bits per heavy atom. The van der Waals surface area contributed by atoms with E-state index < -0.39 is 6.04 Å². The van der Waals surface area contributed by atoms with Crippen molar-refractivity contribution in [3.8, 4) is 0 Å². The van der Waals surface area contributed by atoms with Gasteiger partial charge in [-0.15, -0.1) is 0 Å². The van der Waals surface area contributed by atoms with Gasteiger partial charge >= 0.3 is 0 Å². The Balaban J connectivity index is 1.76. The molecule has 1 aliphatic heterocycles. The van der Waals surface area contributed by atoms with E-state index in [1.807, 2.05) is 68.1 Å². The fourth-order valence-electron chi connectivity index (χ4n) is 3.73. The lowest BCUT2D eigenvalue weighted by Gasteiger charge is -2.27. The maximum absolute atomic E-state index is 13.2. The van der Waals surface area contributed by atoms with E-state index in [4.69, 9.17) is 0 Å². The number of rotatable bonds is 8. The molecule has 0 radical (unpaired) electrons. The van der Waals surface area contributed by atoms with E-state index in [9.17, 15) is 9.59 Å². The van der Waals surface area contributed by atoms with Gasteiger partial charge in [-0.2, -0.15) is 11.8 Å². The van der Waals surface area contributed by atoms with Gasteiger partial charge in [-0.25, -0.2) is 0 Å². The molecule has 6 heteroatoms. The lowest BCUT2D eigenvalue weighted by Crippen LogP contribution is -2.37. The zero-order chi connectivity index (χ0) is 22.2. The number of benzene rings is 2. The molecule has 1 fully saturated rings. The van der Waals surface area contributed by atoms with Crippen LogP contribution in [0.25, 0.3) is 0 Å². The summed E-state index contributed by atoms with van der Waals surface area (Å²) in [7, 11) is 0. The van der Waals surface area contributed by atoms with Gasteiger partial charge in [0, 0.05) is 43.2 Å². The number of nitrogens with zero attached hydrogens (tertiary/aromatic N) is 1. The molecule has 2 aromatic carbocycles. The highest BCUT2D eigenvalue weighted by atomic mass is 32.2. The van der Waals surface area contributed by atoms with Crippen molar-refractivity contribution in [1.82, 2.24) is 10.2 Å². The number of carbonyl (C=O) groups excluding carboxylic acids is 2. The molecule has 1 unspecified atom stereocenters. The average molecular weight is 440 g/mol. The molecule has 2 aromatic rings. The Kier molecular flexibility index (Phi) is 8.55. The Bertz CT molecular complexity index is 880. The summed E-state index contributed by atoms with van der Waals surface area (Å²) in [5.74, 6) is 2.23. The zero-order valence-electron chi connectivity index (χ0n) is 18.7. The van der Waals surface area contributed by atoms with Crippen molar-refractivity contribution in [2.45, 2.75) is 39.8 Å². The van der Waals surface area contributed by atoms with Crippen molar-refractivity contribution in [3.63, 3.8) is 0 Å². The minimum Gasteiger partial charge on any atom is -0.341 e. The molecule has 1 saturated heterocycles. The highest BCUT2D eigenvalue weighted by Gasteiger charge is 2.24. The molecule has 2 N–H and O–H groups in total. The largest absolute Gasteiger partial charge is 0.341 e. The molecule has 1 heterocycles. The maximum atomic E-state index is 13.2. The fourth-order valence-corrected chi connectivity index (χ4v) is 4.71. The highest BCUT2D eigenvalue weighted by molar-refractivity contribution is 7.99. The third kappa shape index (κ3) is 6.84. The van der Waals surface area contributed by atoms with Crippen LogP contribution in [0.4, 0.5) is 5.69 Å². The first kappa shape index (κ1) is 23.4. The van der Waals surface area contributed by atoms with E-state index in [0.29, 0.717) is 6.42 Å². The minimum absolute atomic E-state index is 0.118. The summed E-state index contributed by atoms with van der Waals surface area (Å²) < 4.78 is 0. The number of hydrogen-bond donors (Lipinski definition) is 2. The first-order valence-electron chi connectivity index (χ1n) is 11.0. The van der Waals surface area contributed by atoms with Crippen molar-refractivity contribution in [2.24, 2.45) is 5.92 Å². The quantitative estimate of drug-likeness (QED) is 0.641. The molecule has 0 aromatic heterocycles. The first-order chi connectivity index (χ1) is 14.9. The smallest absolute Gasteiger partial charge is 0.251 e. The van der Waals surface area contributed by atoms with E-state index >= 15 is 0 Å². The van der Waals surface area contributed by atoms with Crippen LogP contribution in [0, 0.1) is 12.8 Å². The Hall–Kier alpha value is -2.31. The van der Waals surface area contributed by atoms with Crippen LogP contribution in [-0.4, -0.2) is 41.3 Å². The third-order valence-electron chi connectivity index (χ3n) is 5.50. The molecule has 31 heavy (non-hydrogen) atoms. The van der Waals surface area contributed by atoms with Gasteiger partial charge in [-0.1, -0.05) is 56.3 Å². The number of hydrogen-bond acceptors (Lipinski definition) is 4. The average Bonchev–Trinajstić information content (AvgIpc) is 2.75. The predicted molar refractivity (Wildman–Crippen MR) is 129 cm³/mol. The van der Waals surface area contributed by atoms with Crippen molar-refractivity contribution >= 4 is 29.3 Å². The molecular weight excluding hydrogens is 406 g/mol. The second-order valence-electron chi connectivity index (χ2n) is 8.48. The number of nitrogens with one attached hydrogen (secondary N) is 2. The Morgan fingerprint density at radius 3 is 2.42 bits per heavy atom. The number of carbonyl (C=O) groups is 2. The number of thioether (sulfide) groups is 1. The fraction of sp³-hybridized carbons (Fsp3) is 0.440. The van der Waals surface area contributed by atoms with Crippen LogP contribution in [0.5, 0.6) is 0 Å². The van der Waals surface area contributed by atoms with Gasteiger partial charge in [-0.3, -0.25) is 14.5 Å².